The molecule has 0 saturated heterocycles. The Morgan fingerprint density at radius 1 is 0.971 bits per heavy atom. The summed E-state index contributed by atoms with van der Waals surface area (Å²) in [6.07, 6.45) is 2.94. The molecule has 2 heterocycles. The zero-order chi connectivity index (χ0) is 24.3. The summed E-state index contributed by atoms with van der Waals surface area (Å²) in [5.74, 6) is 4.69. The first-order valence-corrected chi connectivity index (χ1v) is 11.6. The highest BCUT2D eigenvalue weighted by molar-refractivity contribution is 7.93. The number of carbonyl (C=O) groups is 1. The second-order valence-electron chi connectivity index (χ2n) is 7.52. The van der Waals surface area contributed by atoms with Crippen LogP contribution in [0.25, 0.3) is 10.9 Å². The number of sulfonamides is 1. The van der Waals surface area contributed by atoms with Crippen molar-refractivity contribution in [1.82, 2.24) is 9.97 Å². The van der Waals surface area contributed by atoms with Gasteiger partial charge in [-0.1, -0.05) is 36.1 Å². The molecule has 0 aliphatic rings. The Bertz CT molecular complexity index is 1550. The van der Waals surface area contributed by atoms with E-state index in [0.717, 1.165) is 11.1 Å². The maximum atomic E-state index is 13.3. The third-order valence-corrected chi connectivity index (χ3v) is 6.37. The van der Waals surface area contributed by atoms with Gasteiger partial charge in [0, 0.05) is 48.7 Å². The summed E-state index contributed by atoms with van der Waals surface area (Å²) in [5.41, 5.74) is 2.41. The minimum absolute atomic E-state index is 0.0601. The van der Waals surface area contributed by atoms with Crippen molar-refractivity contribution >= 4 is 38.3 Å². The fourth-order valence-electron chi connectivity index (χ4n) is 3.36. The minimum atomic E-state index is -3.98. The first kappa shape index (κ1) is 22.8. The molecule has 9 heteroatoms. The number of carboxylic acids is 1. The van der Waals surface area contributed by atoms with E-state index in [0.29, 0.717) is 22.3 Å². The average molecular weight is 473 g/mol. The Kier molecular flexibility index (Phi) is 6.17. The lowest BCUT2D eigenvalue weighted by Crippen LogP contribution is -2.15. The SMILES string of the molecule is CN(C)c1ccnc2c(S(=O)(=O)Nc3ccccc3C#Cc3ccc(C(=O)O)nc3)cccc12. The summed E-state index contributed by atoms with van der Waals surface area (Å²) in [5, 5.41) is 9.68. The molecule has 0 bridgehead atoms. The van der Waals surface area contributed by atoms with Crippen LogP contribution in [-0.2, 0) is 10.0 Å². The topological polar surface area (TPSA) is 112 Å². The number of rotatable bonds is 5. The number of aromatic nitrogens is 2. The van der Waals surface area contributed by atoms with Crippen molar-refractivity contribution in [3.8, 4) is 11.8 Å². The minimum Gasteiger partial charge on any atom is -0.477 e. The molecular formula is C25H20N4O4S. The third kappa shape index (κ3) is 4.67. The molecule has 2 aromatic heterocycles. The number of nitrogens with one attached hydrogen (secondary N) is 1. The number of hydrogen-bond acceptors (Lipinski definition) is 6. The Morgan fingerprint density at radius 2 is 1.76 bits per heavy atom. The number of hydrogen-bond donors (Lipinski definition) is 2. The van der Waals surface area contributed by atoms with Crippen molar-refractivity contribution in [3.63, 3.8) is 0 Å². The first-order chi connectivity index (χ1) is 16.3. The van der Waals surface area contributed by atoms with Gasteiger partial charge in [-0.25, -0.2) is 18.2 Å². The summed E-state index contributed by atoms with van der Waals surface area (Å²) < 4.78 is 29.3. The van der Waals surface area contributed by atoms with E-state index in [2.05, 4.69) is 26.5 Å². The number of carboxylic acid groups (broad SMARTS) is 1. The second-order valence-corrected chi connectivity index (χ2v) is 9.17. The lowest BCUT2D eigenvalue weighted by Gasteiger charge is -2.16. The van der Waals surface area contributed by atoms with E-state index < -0.39 is 16.0 Å². The molecule has 4 aromatic rings. The third-order valence-electron chi connectivity index (χ3n) is 4.98. The molecule has 0 radical (unpaired) electrons. The van der Waals surface area contributed by atoms with Crippen molar-refractivity contribution in [3.05, 3.63) is 89.9 Å². The van der Waals surface area contributed by atoms with Gasteiger partial charge in [-0.15, -0.1) is 0 Å². The smallest absolute Gasteiger partial charge is 0.354 e. The van der Waals surface area contributed by atoms with Crippen molar-refractivity contribution in [2.24, 2.45) is 0 Å². The van der Waals surface area contributed by atoms with Crippen molar-refractivity contribution in [2.75, 3.05) is 23.7 Å². The van der Waals surface area contributed by atoms with Crippen LogP contribution in [-0.4, -0.2) is 43.6 Å². The van der Waals surface area contributed by atoms with Gasteiger partial charge in [-0.2, -0.15) is 0 Å². The largest absolute Gasteiger partial charge is 0.477 e. The van der Waals surface area contributed by atoms with Crippen LogP contribution in [0.1, 0.15) is 21.6 Å². The van der Waals surface area contributed by atoms with Crippen LogP contribution >= 0.6 is 0 Å². The van der Waals surface area contributed by atoms with E-state index in [9.17, 15) is 13.2 Å². The number of fused-ring (bicyclic) bond motifs is 1. The van der Waals surface area contributed by atoms with E-state index in [1.807, 2.05) is 31.1 Å². The van der Waals surface area contributed by atoms with Crippen LogP contribution in [0.3, 0.4) is 0 Å². The summed E-state index contributed by atoms with van der Waals surface area (Å²) in [6.45, 7) is 0. The number of benzene rings is 2. The fourth-order valence-corrected chi connectivity index (χ4v) is 4.61. The van der Waals surface area contributed by atoms with Gasteiger partial charge in [-0.05, 0) is 36.4 Å². The Balaban J connectivity index is 1.70. The van der Waals surface area contributed by atoms with Crippen LogP contribution in [0.5, 0.6) is 0 Å². The van der Waals surface area contributed by atoms with Crippen LogP contribution in [0.15, 0.2) is 78.0 Å². The number of aromatic carboxylic acids is 1. The van der Waals surface area contributed by atoms with Gasteiger partial charge in [0.05, 0.1) is 11.2 Å². The molecule has 4 rings (SSSR count). The number of para-hydroxylation sites is 2. The van der Waals surface area contributed by atoms with E-state index in [-0.39, 0.29) is 10.6 Å². The quantitative estimate of drug-likeness (QED) is 0.427. The van der Waals surface area contributed by atoms with Gasteiger partial charge in [-0.3, -0.25) is 9.71 Å². The predicted molar refractivity (Wildman–Crippen MR) is 130 cm³/mol. The molecule has 0 aliphatic carbocycles. The van der Waals surface area contributed by atoms with Crippen molar-refractivity contribution in [1.29, 1.82) is 0 Å². The predicted octanol–water partition coefficient (Wildman–Crippen LogP) is 3.59. The van der Waals surface area contributed by atoms with E-state index in [1.54, 1.807) is 42.6 Å². The molecule has 2 aromatic carbocycles. The monoisotopic (exact) mass is 472 g/mol. The van der Waals surface area contributed by atoms with Crippen molar-refractivity contribution in [2.45, 2.75) is 4.90 Å². The lowest BCUT2D eigenvalue weighted by molar-refractivity contribution is 0.0690. The van der Waals surface area contributed by atoms with Crippen LogP contribution in [0, 0.1) is 11.8 Å². The van der Waals surface area contributed by atoms with Gasteiger partial charge < -0.3 is 10.0 Å². The molecule has 170 valence electrons. The van der Waals surface area contributed by atoms with E-state index in [4.69, 9.17) is 5.11 Å². The van der Waals surface area contributed by atoms with Crippen molar-refractivity contribution < 1.29 is 18.3 Å². The molecule has 0 unspecified atom stereocenters. The lowest BCUT2D eigenvalue weighted by atomic mass is 10.1. The normalized spacial score (nSPS) is 10.9. The maximum absolute atomic E-state index is 13.3. The first-order valence-electron chi connectivity index (χ1n) is 10.1. The Morgan fingerprint density at radius 3 is 2.47 bits per heavy atom. The molecule has 34 heavy (non-hydrogen) atoms. The zero-order valence-corrected chi connectivity index (χ0v) is 19.2. The summed E-state index contributed by atoms with van der Waals surface area (Å²) in [7, 11) is -0.214. The second kappa shape index (κ2) is 9.21. The average Bonchev–Trinajstić information content (AvgIpc) is 2.82. The van der Waals surface area contributed by atoms with Gasteiger partial charge >= 0.3 is 5.97 Å². The Labute approximate surface area is 197 Å². The molecule has 0 amide bonds. The standard InChI is InChI=1S/C25H20N4O4S/c1-29(2)22-14-15-26-24-19(22)7-5-9-23(24)34(32,33)28-20-8-4-3-6-18(20)12-10-17-11-13-21(25(30)31)27-16-17/h3-9,11,13-16,28H,1-2H3,(H,30,31). The molecule has 0 fully saturated rings. The highest BCUT2D eigenvalue weighted by Crippen LogP contribution is 2.29. The van der Waals surface area contributed by atoms with Gasteiger partial charge in [0.2, 0.25) is 0 Å². The summed E-state index contributed by atoms with van der Waals surface area (Å²) >= 11 is 0. The zero-order valence-electron chi connectivity index (χ0n) is 18.4. The Hall–Kier alpha value is -4.42. The molecule has 2 N–H and O–H groups in total. The molecular weight excluding hydrogens is 452 g/mol. The molecule has 8 nitrogen and oxygen atoms in total. The van der Waals surface area contributed by atoms with E-state index >= 15 is 0 Å². The maximum Gasteiger partial charge on any atom is 0.354 e. The molecule has 0 spiro atoms. The van der Waals surface area contributed by atoms with Crippen LogP contribution in [0.4, 0.5) is 11.4 Å². The van der Waals surface area contributed by atoms with Gasteiger partial charge in [0.15, 0.2) is 0 Å². The van der Waals surface area contributed by atoms with Crippen LogP contribution in [0.2, 0.25) is 0 Å². The summed E-state index contributed by atoms with van der Waals surface area (Å²) in [4.78, 5) is 21.1. The number of anilines is 2. The highest BCUT2D eigenvalue weighted by atomic mass is 32.2. The van der Waals surface area contributed by atoms with Crippen LogP contribution < -0.4 is 9.62 Å². The molecule has 0 saturated carbocycles. The highest BCUT2D eigenvalue weighted by Gasteiger charge is 2.20. The van der Waals surface area contributed by atoms with E-state index in [1.165, 1.54) is 18.3 Å². The van der Waals surface area contributed by atoms with Gasteiger partial charge in [0.1, 0.15) is 10.6 Å². The fraction of sp³-hybridized carbons (Fsp3) is 0.0800. The summed E-state index contributed by atoms with van der Waals surface area (Å²) in [6, 6.07) is 16.5. The molecule has 0 atom stereocenters. The van der Waals surface area contributed by atoms with Gasteiger partial charge in [0.25, 0.3) is 10.0 Å². The number of pyridine rings is 2. The molecule has 0 aliphatic heterocycles. The number of nitrogens with zero attached hydrogens (tertiary/aromatic N) is 3.